The standard InChI is InChI=1S/C30H56N2O7S2/c1-3-4-5-6-7-8-9-10-11-12-13-14-15-16-17-18-22-37-27-29(39-30-31-20-19-21-32-30)28-40(33)26-25-36-23-24-38-41(2,34)35/h19-21,29H,3-18,22-28H2,1-2H3. The minimum absolute atomic E-state index is 0.0598. The van der Waals surface area contributed by atoms with Crippen LogP contribution in [0.25, 0.3) is 0 Å². The van der Waals surface area contributed by atoms with E-state index in [9.17, 15) is 13.0 Å². The second-order valence-electron chi connectivity index (χ2n) is 10.6. The summed E-state index contributed by atoms with van der Waals surface area (Å²) in [5.41, 5.74) is 0. The fourth-order valence-corrected chi connectivity index (χ4v) is 5.79. The van der Waals surface area contributed by atoms with Gasteiger partial charge < -0.3 is 18.8 Å². The van der Waals surface area contributed by atoms with Gasteiger partial charge in [-0.2, -0.15) is 8.42 Å². The largest absolute Gasteiger partial charge is 0.616 e. The molecule has 0 radical (unpaired) electrons. The Morgan fingerprint density at radius 3 is 1.83 bits per heavy atom. The lowest BCUT2D eigenvalue weighted by Crippen LogP contribution is -2.34. The fourth-order valence-electron chi connectivity index (χ4n) is 4.37. The third kappa shape index (κ3) is 26.4. The summed E-state index contributed by atoms with van der Waals surface area (Å²) < 4.78 is 56.1. The van der Waals surface area contributed by atoms with Crippen LogP contribution >= 0.6 is 0 Å². The Kier molecular flexibility index (Phi) is 24.7. The van der Waals surface area contributed by atoms with Crippen molar-refractivity contribution < 1.29 is 31.4 Å². The van der Waals surface area contributed by atoms with Gasteiger partial charge in [0.15, 0.2) is 6.10 Å². The summed E-state index contributed by atoms with van der Waals surface area (Å²) in [6.45, 7) is 3.51. The molecule has 0 fully saturated rings. The molecule has 0 aliphatic rings. The van der Waals surface area contributed by atoms with E-state index in [2.05, 4.69) is 21.1 Å². The summed E-state index contributed by atoms with van der Waals surface area (Å²) in [5, 5.41) is 0. The summed E-state index contributed by atoms with van der Waals surface area (Å²) in [4.78, 5) is 8.19. The van der Waals surface area contributed by atoms with Crippen molar-refractivity contribution in [3.8, 4) is 6.01 Å². The van der Waals surface area contributed by atoms with Gasteiger partial charge in [0.1, 0.15) is 11.5 Å². The number of unbranched alkanes of at least 4 members (excludes halogenated alkanes) is 15. The van der Waals surface area contributed by atoms with Gasteiger partial charge >= 0.3 is 6.01 Å². The van der Waals surface area contributed by atoms with E-state index in [1.807, 2.05) is 0 Å². The minimum Gasteiger partial charge on any atom is -0.616 e. The monoisotopic (exact) mass is 620 g/mol. The molecule has 41 heavy (non-hydrogen) atoms. The van der Waals surface area contributed by atoms with Gasteiger partial charge in [0.25, 0.3) is 10.1 Å². The number of hydrogen-bond donors (Lipinski definition) is 0. The number of hydrogen-bond acceptors (Lipinski definition) is 9. The van der Waals surface area contributed by atoms with Crippen LogP contribution in [0.2, 0.25) is 0 Å². The zero-order chi connectivity index (χ0) is 29.9. The van der Waals surface area contributed by atoms with E-state index in [0.717, 1.165) is 19.1 Å². The Labute approximate surface area is 253 Å². The van der Waals surface area contributed by atoms with E-state index in [1.165, 1.54) is 89.9 Å². The third-order valence-electron chi connectivity index (χ3n) is 6.61. The summed E-state index contributed by atoms with van der Waals surface area (Å²) in [6.07, 6.45) is 25.0. The maximum atomic E-state index is 12.6. The summed E-state index contributed by atoms with van der Waals surface area (Å²) in [5.74, 6) is 0.563. The van der Waals surface area contributed by atoms with Crippen LogP contribution in [0.5, 0.6) is 6.01 Å². The average Bonchev–Trinajstić information content (AvgIpc) is 2.94. The molecular formula is C30H56N2O7S2. The van der Waals surface area contributed by atoms with Gasteiger partial charge in [-0.1, -0.05) is 103 Å². The average molecular weight is 621 g/mol. The molecule has 0 spiro atoms. The molecular weight excluding hydrogens is 564 g/mol. The summed E-state index contributed by atoms with van der Waals surface area (Å²) in [7, 11) is -3.48. The number of rotatable bonds is 30. The molecule has 0 N–H and O–H groups in total. The van der Waals surface area contributed by atoms with Crippen molar-refractivity contribution >= 4 is 21.3 Å². The van der Waals surface area contributed by atoms with Crippen LogP contribution < -0.4 is 4.74 Å². The lowest BCUT2D eigenvalue weighted by atomic mass is 10.0. The quantitative estimate of drug-likeness (QED) is 0.0559. The lowest BCUT2D eigenvalue weighted by Gasteiger charge is -2.20. The molecule has 0 bridgehead atoms. The Morgan fingerprint density at radius 2 is 1.29 bits per heavy atom. The van der Waals surface area contributed by atoms with Crippen LogP contribution in [0.3, 0.4) is 0 Å². The first-order valence-electron chi connectivity index (χ1n) is 15.7. The maximum absolute atomic E-state index is 12.6. The highest BCUT2D eigenvalue weighted by Crippen LogP contribution is 2.14. The molecule has 0 saturated heterocycles. The Morgan fingerprint density at radius 1 is 0.756 bits per heavy atom. The maximum Gasteiger partial charge on any atom is 0.316 e. The van der Waals surface area contributed by atoms with E-state index >= 15 is 0 Å². The van der Waals surface area contributed by atoms with Gasteiger partial charge in [0.05, 0.1) is 32.7 Å². The highest BCUT2D eigenvalue weighted by Gasteiger charge is 2.20. The molecule has 9 nitrogen and oxygen atoms in total. The van der Waals surface area contributed by atoms with E-state index < -0.39 is 27.4 Å². The van der Waals surface area contributed by atoms with E-state index in [-0.39, 0.29) is 31.6 Å². The van der Waals surface area contributed by atoms with Crippen molar-refractivity contribution in [2.45, 2.75) is 116 Å². The first-order valence-corrected chi connectivity index (χ1v) is 19.0. The predicted octanol–water partition coefficient (Wildman–Crippen LogP) is 6.24. The van der Waals surface area contributed by atoms with Crippen molar-refractivity contribution in [3.63, 3.8) is 0 Å². The van der Waals surface area contributed by atoms with Crippen LogP contribution in [0.15, 0.2) is 18.5 Å². The molecule has 2 atom stereocenters. The van der Waals surface area contributed by atoms with Gasteiger partial charge in [-0.3, -0.25) is 4.18 Å². The normalized spacial score (nSPS) is 13.3. The molecule has 0 aliphatic carbocycles. The Balaban J connectivity index is 2.08. The molecule has 240 valence electrons. The molecule has 1 rings (SSSR count). The van der Waals surface area contributed by atoms with Crippen molar-refractivity contribution in [2.24, 2.45) is 0 Å². The van der Waals surface area contributed by atoms with E-state index in [1.54, 1.807) is 18.5 Å². The SMILES string of the molecule is CCCCCCCCCCCCCCCCCCOCC(C[S+]([O-])CCOCCOS(C)(=O)=O)Oc1ncccn1. The second-order valence-corrected chi connectivity index (χ2v) is 13.9. The predicted molar refractivity (Wildman–Crippen MR) is 166 cm³/mol. The number of aromatic nitrogens is 2. The smallest absolute Gasteiger partial charge is 0.316 e. The van der Waals surface area contributed by atoms with Crippen LogP contribution in [0.4, 0.5) is 0 Å². The molecule has 0 aliphatic heterocycles. The molecule has 11 heteroatoms. The first kappa shape index (κ1) is 38.0. The minimum atomic E-state index is -3.48. The number of ether oxygens (including phenoxy) is 3. The summed E-state index contributed by atoms with van der Waals surface area (Å²) in [6, 6.07) is 1.94. The molecule has 1 aromatic rings. The molecule has 2 unspecified atom stereocenters. The Hall–Kier alpha value is -0.980. The first-order chi connectivity index (χ1) is 19.9. The highest BCUT2D eigenvalue weighted by atomic mass is 32.2. The van der Waals surface area contributed by atoms with Gasteiger partial charge in [0, 0.05) is 19.0 Å². The number of nitrogens with zero attached hydrogens (tertiary/aromatic N) is 2. The molecule has 0 saturated carbocycles. The molecule has 1 aromatic heterocycles. The highest BCUT2D eigenvalue weighted by molar-refractivity contribution is 7.91. The lowest BCUT2D eigenvalue weighted by molar-refractivity contribution is 0.0533. The van der Waals surface area contributed by atoms with Crippen LogP contribution in [0, 0.1) is 0 Å². The van der Waals surface area contributed by atoms with Crippen LogP contribution in [0.1, 0.15) is 110 Å². The van der Waals surface area contributed by atoms with Gasteiger partial charge in [0.2, 0.25) is 0 Å². The van der Waals surface area contributed by atoms with Crippen LogP contribution in [-0.2, 0) is 35.0 Å². The van der Waals surface area contributed by atoms with Crippen molar-refractivity contribution in [1.82, 2.24) is 9.97 Å². The topological polar surface area (TPSA) is 120 Å². The van der Waals surface area contributed by atoms with Gasteiger partial charge in [-0.25, -0.2) is 9.97 Å². The van der Waals surface area contributed by atoms with E-state index in [4.69, 9.17) is 14.2 Å². The van der Waals surface area contributed by atoms with Crippen LogP contribution in [-0.4, -0.2) is 79.8 Å². The fraction of sp³-hybridized carbons (Fsp3) is 0.867. The van der Waals surface area contributed by atoms with Gasteiger partial charge in [-0.05, 0) is 23.7 Å². The van der Waals surface area contributed by atoms with Crippen molar-refractivity contribution in [3.05, 3.63) is 18.5 Å². The molecule has 1 heterocycles. The van der Waals surface area contributed by atoms with E-state index in [0.29, 0.717) is 19.0 Å². The van der Waals surface area contributed by atoms with Crippen molar-refractivity contribution in [1.29, 1.82) is 0 Å². The molecule has 0 aromatic carbocycles. The summed E-state index contributed by atoms with van der Waals surface area (Å²) >= 11 is -1.21. The molecule has 0 amide bonds. The third-order valence-corrected chi connectivity index (χ3v) is 8.57. The van der Waals surface area contributed by atoms with Crippen molar-refractivity contribution in [2.75, 3.05) is 50.8 Å². The Bertz CT molecular complexity index is 803. The zero-order valence-corrected chi connectivity index (χ0v) is 27.3. The zero-order valence-electron chi connectivity index (χ0n) is 25.6. The second kappa shape index (κ2) is 26.6. The van der Waals surface area contributed by atoms with Gasteiger partial charge in [-0.15, -0.1) is 0 Å².